The molecule has 29 heavy (non-hydrogen) atoms. The van der Waals surface area contributed by atoms with Crippen LogP contribution in [0.5, 0.6) is 0 Å². The second-order valence-electron chi connectivity index (χ2n) is 10.0. The number of carbonyl (C=O) groups is 2. The fraction of sp³-hybridized carbons (Fsp3) is 0.583. The van der Waals surface area contributed by atoms with Crippen molar-refractivity contribution in [1.29, 1.82) is 0 Å². The zero-order valence-corrected chi connectivity index (χ0v) is 17.7. The number of ether oxygens (including phenoxy) is 1. The summed E-state index contributed by atoms with van der Waals surface area (Å²) < 4.78 is 4.88. The van der Waals surface area contributed by atoms with Crippen LogP contribution in [0.15, 0.2) is 36.4 Å². The van der Waals surface area contributed by atoms with Crippen molar-refractivity contribution in [2.24, 2.45) is 23.5 Å². The zero-order valence-electron chi connectivity index (χ0n) is 17.7. The fourth-order valence-corrected chi connectivity index (χ4v) is 5.12. The second-order valence-corrected chi connectivity index (χ2v) is 10.0. The van der Waals surface area contributed by atoms with Crippen LogP contribution in [0.2, 0.25) is 0 Å². The molecular formula is C24H32N2O3. The van der Waals surface area contributed by atoms with Gasteiger partial charge in [0.2, 0.25) is 5.91 Å². The number of hydrogen-bond acceptors (Lipinski definition) is 3. The van der Waals surface area contributed by atoms with Crippen LogP contribution in [-0.2, 0) is 20.4 Å². The van der Waals surface area contributed by atoms with Gasteiger partial charge in [0.1, 0.15) is 0 Å². The second kappa shape index (κ2) is 7.19. The summed E-state index contributed by atoms with van der Waals surface area (Å²) in [5, 5.41) is 0. The van der Waals surface area contributed by atoms with E-state index in [1.165, 1.54) is 17.5 Å². The normalized spacial score (nSPS) is 30.7. The van der Waals surface area contributed by atoms with Crippen LogP contribution in [0, 0.1) is 17.8 Å². The highest BCUT2D eigenvalue weighted by atomic mass is 16.5. The summed E-state index contributed by atoms with van der Waals surface area (Å²) in [6.07, 6.45) is 6.12. The number of nitrogens with two attached hydrogens (primary N) is 1. The SMILES string of the molecule is CC(C)(C)c1cccc(C23CCN(C(=O)[C@H]4C=CC(COC(N)=O)C4)CC2C3)c1. The quantitative estimate of drug-likeness (QED) is 0.788. The van der Waals surface area contributed by atoms with Gasteiger partial charge in [0.25, 0.3) is 0 Å². The Bertz CT molecular complexity index is 841. The minimum Gasteiger partial charge on any atom is -0.449 e. The number of piperidine rings is 1. The maximum absolute atomic E-state index is 13.0. The summed E-state index contributed by atoms with van der Waals surface area (Å²) in [5.74, 6) is 0.759. The topological polar surface area (TPSA) is 72.6 Å². The first-order valence-corrected chi connectivity index (χ1v) is 10.7. The van der Waals surface area contributed by atoms with Crippen molar-refractivity contribution < 1.29 is 14.3 Å². The van der Waals surface area contributed by atoms with Gasteiger partial charge in [0.15, 0.2) is 0 Å². The number of rotatable bonds is 4. The van der Waals surface area contributed by atoms with Crippen LogP contribution in [0.25, 0.3) is 0 Å². The predicted molar refractivity (Wildman–Crippen MR) is 112 cm³/mol. The number of hydrogen-bond donors (Lipinski definition) is 1. The average molecular weight is 397 g/mol. The largest absolute Gasteiger partial charge is 0.449 e. The average Bonchev–Trinajstić information content (AvgIpc) is 3.24. The van der Waals surface area contributed by atoms with E-state index in [-0.39, 0.29) is 35.2 Å². The summed E-state index contributed by atoms with van der Waals surface area (Å²) in [5.41, 5.74) is 8.28. The van der Waals surface area contributed by atoms with E-state index in [1.807, 2.05) is 12.2 Å². The smallest absolute Gasteiger partial charge is 0.404 e. The molecule has 1 saturated heterocycles. The Morgan fingerprint density at radius 2 is 2.07 bits per heavy atom. The number of fused-ring (bicyclic) bond motifs is 1. The number of primary amides is 1. The summed E-state index contributed by atoms with van der Waals surface area (Å²) >= 11 is 0. The molecule has 0 aromatic heterocycles. The molecule has 5 nitrogen and oxygen atoms in total. The Hall–Kier alpha value is -2.30. The lowest BCUT2D eigenvalue weighted by molar-refractivity contribution is -0.135. The number of benzene rings is 1. The van der Waals surface area contributed by atoms with Gasteiger partial charge in [-0.15, -0.1) is 0 Å². The van der Waals surface area contributed by atoms with E-state index < -0.39 is 6.09 Å². The van der Waals surface area contributed by atoms with Gasteiger partial charge in [-0.2, -0.15) is 0 Å². The molecule has 4 atom stereocenters. The van der Waals surface area contributed by atoms with Crippen LogP contribution < -0.4 is 5.73 Å². The van der Waals surface area contributed by atoms with Gasteiger partial charge >= 0.3 is 6.09 Å². The fourth-order valence-electron chi connectivity index (χ4n) is 5.12. The lowest BCUT2D eigenvalue weighted by Crippen LogP contribution is -2.43. The molecule has 1 heterocycles. The summed E-state index contributed by atoms with van der Waals surface area (Å²) in [7, 11) is 0. The lowest BCUT2D eigenvalue weighted by atomic mass is 9.81. The molecule has 0 radical (unpaired) electrons. The van der Waals surface area contributed by atoms with Gasteiger partial charge in [-0.25, -0.2) is 4.79 Å². The number of nitrogens with zero attached hydrogens (tertiary/aromatic N) is 1. The molecular weight excluding hydrogens is 364 g/mol. The minimum atomic E-state index is -0.759. The molecule has 2 aliphatic carbocycles. The molecule has 1 aromatic carbocycles. The molecule has 0 spiro atoms. The van der Waals surface area contributed by atoms with Crippen LogP contribution in [0.3, 0.4) is 0 Å². The van der Waals surface area contributed by atoms with Crippen LogP contribution in [-0.4, -0.2) is 36.6 Å². The van der Waals surface area contributed by atoms with Gasteiger partial charge in [-0.05, 0) is 41.7 Å². The molecule has 156 valence electrons. The molecule has 1 saturated carbocycles. The van der Waals surface area contributed by atoms with Crippen molar-refractivity contribution in [1.82, 2.24) is 4.90 Å². The molecule has 2 amide bonds. The van der Waals surface area contributed by atoms with Gasteiger partial charge in [0, 0.05) is 24.4 Å². The molecule has 0 bridgehead atoms. The lowest BCUT2D eigenvalue weighted by Gasteiger charge is -2.34. The van der Waals surface area contributed by atoms with Crippen molar-refractivity contribution in [3.63, 3.8) is 0 Å². The molecule has 1 aliphatic heterocycles. The zero-order chi connectivity index (χ0) is 20.8. The first-order valence-electron chi connectivity index (χ1n) is 10.7. The Balaban J connectivity index is 1.36. The molecule has 3 aliphatic rings. The van der Waals surface area contributed by atoms with E-state index in [1.54, 1.807) is 0 Å². The highest BCUT2D eigenvalue weighted by Crippen LogP contribution is 2.59. The minimum absolute atomic E-state index is 0.0846. The number of amides is 2. The molecule has 2 N–H and O–H groups in total. The van der Waals surface area contributed by atoms with E-state index in [4.69, 9.17) is 10.5 Å². The van der Waals surface area contributed by atoms with Gasteiger partial charge in [0.05, 0.1) is 12.5 Å². The Morgan fingerprint density at radius 3 is 2.76 bits per heavy atom. The Morgan fingerprint density at radius 1 is 1.28 bits per heavy atom. The standard InChI is InChI=1S/C24H32N2O3/c1-23(2,3)18-5-4-6-19(12-18)24-9-10-26(14-20(24)13-24)21(27)17-8-7-16(11-17)15-29-22(25)28/h4-8,12,16-17,20H,9-11,13-15H2,1-3H3,(H2,25,28)/t16?,17-,20?,24?/m0/s1. The molecule has 5 heteroatoms. The van der Waals surface area contributed by atoms with Gasteiger partial charge in [-0.3, -0.25) is 4.79 Å². The van der Waals surface area contributed by atoms with Crippen molar-refractivity contribution in [2.75, 3.05) is 19.7 Å². The first-order chi connectivity index (χ1) is 13.7. The van der Waals surface area contributed by atoms with Crippen LogP contribution in [0.4, 0.5) is 4.79 Å². The van der Waals surface area contributed by atoms with E-state index in [0.717, 1.165) is 19.5 Å². The van der Waals surface area contributed by atoms with E-state index in [9.17, 15) is 9.59 Å². The van der Waals surface area contributed by atoms with E-state index in [2.05, 4.69) is 49.9 Å². The summed E-state index contributed by atoms with van der Waals surface area (Å²) in [6, 6.07) is 9.08. The summed E-state index contributed by atoms with van der Waals surface area (Å²) in [4.78, 5) is 25.9. The van der Waals surface area contributed by atoms with Crippen molar-refractivity contribution >= 4 is 12.0 Å². The highest BCUT2D eigenvalue weighted by molar-refractivity contribution is 5.81. The Labute approximate surface area is 173 Å². The molecule has 4 rings (SSSR count). The van der Waals surface area contributed by atoms with Gasteiger partial charge < -0.3 is 15.4 Å². The van der Waals surface area contributed by atoms with Crippen molar-refractivity contribution in [3.8, 4) is 0 Å². The maximum atomic E-state index is 13.0. The monoisotopic (exact) mass is 396 g/mol. The third-order valence-corrected chi connectivity index (χ3v) is 7.04. The van der Waals surface area contributed by atoms with Crippen molar-refractivity contribution in [2.45, 2.75) is 50.9 Å². The van der Waals surface area contributed by atoms with Crippen LogP contribution in [0.1, 0.15) is 51.2 Å². The first kappa shape index (κ1) is 20.0. The van der Waals surface area contributed by atoms with Crippen molar-refractivity contribution in [3.05, 3.63) is 47.5 Å². The highest BCUT2D eigenvalue weighted by Gasteiger charge is 2.58. The predicted octanol–water partition coefficient (Wildman–Crippen LogP) is 3.76. The third-order valence-electron chi connectivity index (χ3n) is 7.04. The van der Waals surface area contributed by atoms with E-state index in [0.29, 0.717) is 12.3 Å². The number of likely N-dealkylation sites (tertiary alicyclic amines) is 1. The molecule has 3 unspecified atom stereocenters. The van der Waals surface area contributed by atoms with E-state index >= 15 is 0 Å². The third kappa shape index (κ3) is 3.92. The van der Waals surface area contributed by atoms with Gasteiger partial charge in [-0.1, -0.05) is 57.2 Å². The molecule has 1 aromatic rings. The maximum Gasteiger partial charge on any atom is 0.404 e. The molecule has 2 fully saturated rings. The summed E-state index contributed by atoms with van der Waals surface area (Å²) in [6.45, 7) is 8.70. The number of carbonyl (C=O) groups excluding carboxylic acids is 2. The Kier molecular flexibility index (Phi) is 4.96. The van der Waals surface area contributed by atoms with Crippen LogP contribution >= 0.6 is 0 Å².